The van der Waals surface area contributed by atoms with Gasteiger partial charge in [0, 0.05) is 26.3 Å². The zero-order valence-corrected chi connectivity index (χ0v) is 15.6. The predicted octanol–water partition coefficient (Wildman–Crippen LogP) is 0.957. The lowest BCUT2D eigenvalue weighted by Crippen LogP contribution is -2.58. The van der Waals surface area contributed by atoms with E-state index in [1.165, 1.54) is 20.8 Å². The summed E-state index contributed by atoms with van der Waals surface area (Å²) >= 11 is 0. The van der Waals surface area contributed by atoms with Crippen LogP contribution in [0.15, 0.2) is 30.3 Å². The average Bonchev–Trinajstić information content (AvgIpc) is 3.00. The molecular formula is C20H20O8. The van der Waals surface area contributed by atoms with Gasteiger partial charge < -0.3 is 23.7 Å². The Hall–Kier alpha value is -2.89. The molecule has 0 radical (unpaired) electrons. The Morgan fingerprint density at radius 3 is 2.00 bits per heavy atom. The minimum atomic E-state index is -1.09. The molecule has 0 N–H and O–H groups in total. The van der Waals surface area contributed by atoms with E-state index in [-0.39, 0.29) is 0 Å². The van der Waals surface area contributed by atoms with Crippen molar-refractivity contribution in [2.24, 2.45) is 0 Å². The van der Waals surface area contributed by atoms with Crippen LogP contribution >= 0.6 is 0 Å². The van der Waals surface area contributed by atoms with E-state index in [2.05, 4.69) is 11.8 Å². The first kappa shape index (κ1) is 19.9. The van der Waals surface area contributed by atoms with Gasteiger partial charge in [0.25, 0.3) is 0 Å². The largest absolute Gasteiger partial charge is 0.455 e. The summed E-state index contributed by atoms with van der Waals surface area (Å²) in [7, 11) is 0. The lowest BCUT2D eigenvalue weighted by atomic mass is 9.97. The lowest BCUT2D eigenvalue weighted by molar-refractivity contribution is -0.250. The normalized spacial score (nSPS) is 30.5. The van der Waals surface area contributed by atoms with Crippen LogP contribution in [0.2, 0.25) is 0 Å². The van der Waals surface area contributed by atoms with Gasteiger partial charge >= 0.3 is 17.9 Å². The minimum absolute atomic E-state index is 0.604. The maximum atomic E-state index is 11.6. The monoisotopic (exact) mass is 388 g/mol. The van der Waals surface area contributed by atoms with Crippen molar-refractivity contribution in [3.05, 3.63) is 35.9 Å². The third kappa shape index (κ3) is 4.50. The summed E-state index contributed by atoms with van der Waals surface area (Å²) in [4.78, 5) is 34.7. The van der Waals surface area contributed by atoms with Crippen molar-refractivity contribution in [1.29, 1.82) is 0 Å². The van der Waals surface area contributed by atoms with E-state index in [4.69, 9.17) is 23.7 Å². The molecule has 1 aromatic rings. The second-order valence-corrected chi connectivity index (χ2v) is 6.38. The Morgan fingerprint density at radius 1 is 0.821 bits per heavy atom. The van der Waals surface area contributed by atoms with E-state index in [1.54, 1.807) is 0 Å². The van der Waals surface area contributed by atoms with Crippen LogP contribution in [0.5, 0.6) is 0 Å². The first-order valence-electron chi connectivity index (χ1n) is 8.74. The van der Waals surface area contributed by atoms with Crippen LogP contribution in [0, 0.1) is 11.8 Å². The highest BCUT2D eigenvalue weighted by Gasteiger charge is 2.59. The second-order valence-electron chi connectivity index (χ2n) is 6.38. The number of ether oxygens (including phenoxy) is 5. The van der Waals surface area contributed by atoms with Gasteiger partial charge in [-0.05, 0) is 12.1 Å². The molecule has 0 amide bonds. The number of esters is 3. The van der Waals surface area contributed by atoms with Gasteiger partial charge in [0.05, 0.1) is 0 Å². The van der Waals surface area contributed by atoms with Crippen molar-refractivity contribution in [3.8, 4) is 11.8 Å². The predicted molar refractivity (Wildman–Crippen MR) is 93.5 cm³/mol. The van der Waals surface area contributed by atoms with Crippen LogP contribution in [0.1, 0.15) is 26.3 Å². The van der Waals surface area contributed by atoms with Crippen LogP contribution in [0.25, 0.3) is 0 Å². The molecule has 0 aromatic heterocycles. The van der Waals surface area contributed by atoms with Gasteiger partial charge in [-0.15, -0.1) is 0 Å². The quantitative estimate of drug-likeness (QED) is 0.429. The summed E-state index contributed by atoms with van der Waals surface area (Å²) in [6.07, 6.45) is -5.78. The number of carbonyl (C=O) groups is 3. The third-order valence-electron chi connectivity index (χ3n) is 4.15. The molecule has 0 spiro atoms. The molecule has 0 aliphatic carbocycles. The van der Waals surface area contributed by atoms with Gasteiger partial charge in [-0.3, -0.25) is 14.4 Å². The van der Waals surface area contributed by atoms with Crippen molar-refractivity contribution in [3.63, 3.8) is 0 Å². The molecule has 2 aliphatic heterocycles. The summed E-state index contributed by atoms with van der Waals surface area (Å²) < 4.78 is 27.5. The highest BCUT2D eigenvalue weighted by atomic mass is 16.8. The van der Waals surface area contributed by atoms with E-state index in [1.807, 2.05) is 30.3 Å². The fourth-order valence-corrected chi connectivity index (χ4v) is 3.17. The maximum absolute atomic E-state index is 11.6. The van der Waals surface area contributed by atoms with Crippen LogP contribution in [-0.4, -0.2) is 54.7 Å². The number of rotatable bonds is 3. The molecule has 8 nitrogen and oxygen atoms in total. The molecule has 2 aliphatic rings. The molecule has 2 saturated heterocycles. The summed E-state index contributed by atoms with van der Waals surface area (Å²) in [5.74, 6) is 4.08. The Bertz CT molecular complexity index is 808. The molecule has 6 atom stereocenters. The van der Waals surface area contributed by atoms with Gasteiger partial charge in [-0.25, -0.2) is 0 Å². The summed E-state index contributed by atoms with van der Waals surface area (Å²) in [6, 6.07) is 9.24. The molecule has 0 unspecified atom stereocenters. The summed E-state index contributed by atoms with van der Waals surface area (Å²) in [6.45, 7) is 3.64. The molecule has 3 rings (SSSR count). The van der Waals surface area contributed by atoms with E-state index in [0.29, 0.717) is 0 Å². The van der Waals surface area contributed by atoms with Gasteiger partial charge in [0.15, 0.2) is 24.4 Å². The van der Waals surface area contributed by atoms with Crippen LogP contribution in [0.3, 0.4) is 0 Å². The number of fused-ring (bicyclic) bond motifs is 2. The fourth-order valence-electron chi connectivity index (χ4n) is 3.17. The van der Waals surface area contributed by atoms with E-state index in [0.717, 1.165) is 5.56 Å². The maximum Gasteiger partial charge on any atom is 0.303 e. The molecule has 28 heavy (non-hydrogen) atoms. The molecule has 2 fully saturated rings. The van der Waals surface area contributed by atoms with Crippen molar-refractivity contribution in [2.75, 3.05) is 0 Å². The molecule has 2 bridgehead atoms. The lowest BCUT2D eigenvalue weighted by Gasteiger charge is -2.38. The number of hydrogen-bond donors (Lipinski definition) is 0. The van der Waals surface area contributed by atoms with Gasteiger partial charge in [0.1, 0.15) is 6.10 Å². The first-order valence-corrected chi connectivity index (χ1v) is 8.74. The van der Waals surface area contributed by atoms with E-state index in [9.17, 15) is 14.4 Å². The zero-order valence-electron chi connectivity index (χ0n) is 15.6. The molecule has 148 valence electrons. The van der Waals surface area contributed by atoms with Crippen LogP contribution in [0.4, 0.5) is 0 Å². The summed E-state index contributed by atoms with van der Waals surface area (Å²) in [5, 5.41) is 0. The summed E-state index contributed by atoms with van der Waals surface area (Å²) in [5.41, 5.74) is 0.768. The highest BCUT2D eigenvalue weighted by Crippen LogP contribution is 2.37. The minimum Gasteiger partial charge on any atom is -0.455 e. The van der Waals surface area contributed by atoms with Gasteiger partial charge in [-0.2, -0.15) is 0 Å². The second kappa shape index (κ2) is 8.42. The topological polar surface area (TPSA) is 97.4 Å². The Labute approximate surface area is 162 Å². The SMILES string of the molecule is CC(=O)O[C@H]1[C@H](OC(C)=O)[C@@H]2O[C@@H](O[C@H]2C#Cc2ccccc2)[C@H]1OC(C)=O. The number of hydrogen-bond acceptors (Lipinski definition) is 8. The van der Waals surface area contributed by atoms with Crippen molar-refractivity contribution >= 4 is 17.9 Å². The Morgan fingerprint density at radius 2 is 1.39 bits per heavy atom. The van der Waals surface area contributed by atoms with E-state index < -0.39 is 54.7 Å². The first-order chi connectivity index (χ1) is 13.3. The molecule has 0 saturated carbocycles. The standard InChI is InChI=1S/C20H20O8/c1-11(21)24-17-16-15(10-9-14-7-5-4-6-8-14)27-20(28-16)19(26-13(3)23)18(17)25-12(2)22/h4-8,15-20H,1-3H3/t15-,16+,17+,18-,19-,20+/m0/s1. The fraction of sp³-hybridized carbons (Fsp3) is 0.450. The van der Waals surface area contributed by atoms with E-state index >= 15 is 0 Å². The molecule has 1 aromatic carbocycles. The third-order valence-corrected chi connectivity index (χ3v) is 4.15. The van der Waals surface area contributed by atoms with Crippen LogP contribution < -0.4 is 0 Å². The van der Waals surface area contributed by atoms with Gasteiger partial charge in [0.2, 0.25) is 6.29 Å². The molecular weight excluding hydrogens is 368 g/mol. The average molecular weight is 388 g/mol. The smallest absolute Gasteiger partial charge is 0.303 e. The Balaban J connectivity index is 1.92. The highest BCUT2D eigenvalue weighted by molar-refractivity contribution is 5.68. The van der Waals surface area contributed by atoms with Crippen molar-refractivity contribution in [1.82, 2.24) is 0 Å². The molecule has 8 heteroatoms. The number of benzene rings is 1. The van der Waals surface area contributed by atoms with Crippen molar-refractivity contribution in [2.45, 2.75) is 57.6 Å². The Kier molecular flexibility index (Phi) is 5.97. The van der Waals surface area contributed by atoms with Gasteiger partial charge in [-0.1, -0.05) is 30.0 Å². The molecule has 2 heterocycles. The number of carbonyl (C=O) groups excluding carboxylic acids is 3. The zero-order chi connectivity index (χ0) is 20.3. The van der Waals surface area contributed by atoms with Crippen LogP contribution in [-0.2, 0) is 38.1 Å². The van der Waals surface area contributed by atoms with Crippen molar-refractivity contribution < 1.29 is 38.1 Å².